The first-order chi connectivity index (χ1) is 11.4. The van der Waals surface area contributed by atoms with E-state index in [9.17, 15) is 18.0 Å². The Labute approximate surface area is 137 Å². The molecule has 1 amide bonds. The molecule has 0 fully saturated rings. The minimum atomic E-state index is -4.48. The first kappa shape index (κ1) is 17.7. The largest absolute Gasteiger partial charge is 0.494 e. The number of nitrogens with one attached hydrogen (secondary N) is 2. The van der Waals surface area contributed by atoms with E-state index >= 15 is 0 Å². The van der Waals surface area contributed by atoms with Crippen molar-refractivity contribution < 1.29 is 22.7 Å². The van der Waals surface area contributed by atoms with Crippen molar-refractivity contribution in [2.24, 2.45) is 0 Å². The van der Waals surface area contributed by atoms with Gasteiger partial charge in [-0.25, -0.2) is 0 Å². The molecule has 2 N–H and O–H groups in total. The lowest BCUT2D eigenvalue weighted by atomic mass is 10.1. The maximum absolute atomic E-state index is 12.9. The molecule has 0 saturated carbocycles. The van der Waals surface area contributed by atoms with Crippen LogP contribution in [-0.4, -0.2) is 19.1 Å². The molecule has 4 nitrogen and oxygen atoms in total. The maximum Gasteiger partial charge on any atom is 0.418 e. The summed E-state index contributed by atoms with van der Waals surface area (Å²) in [6.45, 7) is 2.12. The third kappa shape index (κ3) is 4.91. The molecule has 0 spiro atoms. The van der Waals surface area contributed by atoms with Gasteiger partial charge < -0.3 is 15.4 Å². The summed E-state index contributed by atoms with van der Waals surface area (Å²) in [7, 11) is 0. The number of hydrogen-bond donors (Lipinski definition) is 2. The zero-order valence-corrected chi connectivity index (χ0v) is 13.0. The van der Waals surface area contributed by atoms with Gasteiger partial charge >= 0.3 is 6.18 Å². The fourth-order valence-corrected chi connectivity index (χ4v) is 2.07. The minimum absolute atomic E-state index is 0.133. The highest BCUT2D eigenvalue weighted by atomic mass is 19.4. The van der Waals surface area contributed by atoms with Gasteiger partial charge in [-0.1, -0.05) is 12.1 Å². The van der Waals surface area contributed by atoms with E-state index in [-0.39, 0.29) is 12.2 Å². The number of amides is 1. The van der Waals surface area contributed by atoms with Crippen LogP contribution in [0.5, 0.6) is 5.75 Å². The van der Waals surface area contributed by atoms with Gasteiger partial charge in [0.1, 0.15) is 5.75 Å². The number of halogens is 3. The minimum Gasteiger partial charge on any atom is -0.494 e. The average Bonchev–Trinajstić information content (AvgIpc) is 2.54. The molecule has 2 aromatic rings. The zero-order valence-electron chi connectivity index (χ0n) is 13.0. The normalized spacial score (nSPS) is 11.0. The Bertz CT molecular complexity index is 685. The number of anilines is 2. The molecule has 0 saturated heterocycles. The number of alkyl halides is 3. The molecular formula is C17H17F3N2O2. The van der Waals surface area contributed by atoms with E-state index in [0.717, 1.165) is 6.07 Å². The molecule has 128 valence electrons. The van der Waals surface area contributed by atoms with Gasteiger partial charge in [0, 0.05) is 11.4 Å². The van der Waals surface area contributed by atoms with E-state index in [0.29, 0.717) is 18.0 Å². The first-order valence-corrected chi connectivity index (χ1v) is 7.33. The second kappa shape index (κ2) is 7.72. The van der Waals surface area contributed by atoms with Crippen molar-refractivity contribution in [2.75, 3.05) is 23.8 Å². The molecule has 0 aliphatic rings. The van der Waals surface area contributed by atoms with E-state index in [2.05, 4.69) is 10.6 Å². The van der Waals surface area contributed by atoms with Crippen molar-refractivity contribution in [1.29, 1.82) is 0 Å². The first-order valence-electron chi connectivity index (χ1n) is 7.33. The molecule has 0 aromatic heterocycles. The lowest BCUT2D eigenvalue weighted by molar-refractivity contribution is -0.137. The van der Waals surface area contributed by atoms with E-state index in [4.69, 9.17) is 4.74 Å². The monoisotopic (exact) mass is 338 g/mol. The Morgan fingerprint density at radius 2 is 1.75 bits per heavy atom. The van der Waals surface area contributed by atoms with Gasteiger partial charge in [0.25, 0.3) is 0 Å². The molecule has 0 bridgehead atoms. The summed E-state index contributed by atoms with van der Waals surface area (Å²) in [6.07, 6.45) is -4.48. The van der Waals surface area contributed by atoms with E-state index < -0.39 is 17.6 Å². The summed E-state index contributed by atoms with van der Waals surface area (Å²) in [5, 5.41) is 5.12. The van der Waals surface area contributed by atoms with Crippen molar-refractivity contribution in [1.82, 2.24) is 0 Å². The predicted molar refractivity (Wildman–Crippen MR) is 86.2 cm³/mol. The molecule has 24 heavy (non-hydrogen) atoms. The third-order valence-electron chi connectivity index (χ3n) is 3.12. The van der Waals surface area contributed by atoms with Gasteiger partial charge in [-0.05, 0) is 43.3 Å². The molecule has 2 aromatic carbocycles. The quantitative estimate of drug-likeness (QED) is 0.832. The van der Waals surface area contributed by atoms with E-state index in [1.807, 2.05) is 6.92 Å². The summed E-state index contributed by atoms with van der Waals surface area (Å²) in [5.41, 5.74) is -0.403. The lowest BCUT2D eigenvalue weighted by Gasteiger charge is -2.14. The van der Waals surface area contributed by atoms with Crippen molar-refractivity contribution in [3.8, 4) is 5.75 Å². The van der Waals surface area contributed by atoms with E-state index in [1.54, 1.807) is 24.3 Å². The standard InChI is InChI=1S/C17H17F3N2O2/c1-2-24-13-9-7-12(8-10-13)22-16(23)11-21-15-6-4-3-5-14(15)17(18,19)20/h3-10,21H,2,11H2,1H3,(H,22,23). The molecule has 7 heteroatoms. The number of benzene rings is 2. The fourth-order valence-electron chi connectivity index (χ4n) is 2.07. The summed E-state index contributed by atoms with van der Waals surface area (Å²) in [5.74, 6) is 0.226. The predicted octanol–water partition coefficient (Wildman–Crippen LogP) is 4.15. The van der Waals surface area contributed by atoms with Gasteiger partial charge in [-0.2, -0.15) is 13.2 Å². The van der Waals surface area contributed by atoms with Crippen LogP contribution in [-0.2, 0) is 11.0 Å². The van der Waals surface area contributed by atoms with E-state index in [1.165, 1.54) is 18.2 Å². The van der Waals surface area contributed by atoms with Gasteiger partial charge in [-0.15, -0.1) is 0 Å². The van der Waals surface area contributed by atoms with Gasteiger partial charge in [0.05, 0.1) is 18.7 Å². The maximum atomic E-state index is 12.9. The highest BCUT2D eigenvalue weighted by molar-refractivity contribution is 5.93. The van der Waals surface area contributed by atoms with Crippen LogP contribution >= 0.6 is 0 Å². The topological polar surface area (TPSA) is 50.4 Å². The Morgan fingerprint density at radius 3 is 2.38 bits per heavy atom. The molecule has 0 unspecified atom stereocenters. The van der Waals surface area contributed by atoms with Crippen LogP contribution in [0.2, 0.25) is 0 Å². The van der Waals surface area contributed by atoms with Crippen molar-refractivity contribution in [2.45, 2.75) is 13.1 Å². The molecular weight excluding hydrogens is 321 g/mol. The summed E-state index contributed by atoms with van der Waals surface area (Å²) in [6, 6.07) is 11.7. The molecule has 2 rings (SSSR count). The second-order valence-electron chi connectivity index (χ2n) is 4.90. The number of ether oxygens (including phenoxy) is 1. The number of carbonyl (C=O) groups is 1. The molecule has 0 heterocycles. The number of para-hydroxylation sites is 1. The second-order valence-corrected chi connectivity index (χ2v) is 4.90. The fraction of sp³-hybridized carbons (Fsp3) is 0.235. The van der Waals surface area contributed by atoms with Crippen LogP contribution in [0.15, 0.2) is 48.5 Å². The summed E-state index contributed by atoms with van der Waals surface area (Å²) in [4.78, 5) is 11.9. The Kier molecular flexibility index (Phi) is 5.68. The Hall–Kier alpha value is -2.70. The van der Waals surface area contributed by atoms with Crippen LogP contribution < -0.4 is 15.4 Å². The summed E-state index contributed by atoms with van der Waals surface area (Å²) >= 11 is 0. The van der Waals surface area contributed by atoms with Gasteiger partial charge in [0.2, 0.25) is 5.91 Å². The summed E-state index contributed by atoms with van der Waals surface area (Å²) < 4.78 is 43.9. The Morgan fingerprint density at radius 1 is 1.08 bits per heavy atom. The molecule has 0 radical (unpaired) electrons. The highest BCUT2D eigenvalue weighted by Gasteiger charge is 2.33. The smallest absolute Gasteiger partial charge is 0.418 e. The van der Waals surface area contributed by atoms with Crippen LogP contribution in [0.4, 0.5) is 24.5 Å². The molecule has 0 atom stereocenters. The average molecular weight is 338 g/mol. The number of rotatable bonds is 6. The van der Waals surface area contributed by atoms with Crippen molar-refractivity contribution >= 4 is 17.3 Å². The van der Waals surface area contributed by atoms with Gasteiger partial charge in [0.15, 0.2) is 0 Å². The highest BCUT2D eigenvalue weighted by Crippen LogP contribution is 2.34. The molecule has 0 aliphatic carbocycles. The SMILES string of the molecule is CCOc1ccc(NC(=O)CNc2ccccc2C(F)(F)F)cc1. The van der Waals surface area contributed by atoms with Crippen LogP contribution in [0, 0.1) is 0 Å². The molecule has 0 aliphatic heterocycles. The van der Waals surface area contributed by atoms with Crippen molar-refractivity contribution in [3.63, 3.8) is 0 Å². The van der Waals surface area contributed by atoms with Crippen LogP contribution in [0.1, 0.15) is 12.5 Å². The Balaban J connectivity index is 1.94. The van der Waals surface area contributed by atoms with Crippen LogP contribution in [0.25, 0.3) is 0 Å². The van der Waals surface area contributed by atoms with Crippen LogP contribution in [0.3, 0.4) is 0 Å². The third-order valence-corrected chi connectivity index (χ3v) is 3.12. The van der Waals surface area contributed by atoms with Gasteiger partial charge in [-0.3, -0.25) is 4.79 Å². The zero-order chi connectivity index (χ0) is 17.6. The lowest BCUT2D eigenvalue weighted by Crippen LogP contribution is -2.23. The number of carbonyl (C=O) groups excluding carboxylic acids is 1. The van der Waals surface area contributed by atoms with Crippen molar-refractivity contribution in [3.05, 3.63) is 54.1 Å². The number of hydrogen-bond acceptors (Lipinski definition) is 3.